The van der Waals surface area contributed by atoms with Gasteiger partial charge in [-0.2, -0.15) is 10.5 Å². The van der Waals surface area contributed by atoms with Gasteiger partial charge in [0.25, 0.3) is 0 Å². The highest BCUT2D eigenvalue weighted by molar-refractivity contribution is 6.42. The zero-order valence-electron chi connectivity index (χ0n) is 11.3. The van der Waals surface area contributed by atoms with Crippen LogP contribution in [0.4, 0.5) is 0 Å². The van der Waals surface area contributed by atoms with E-state index in [1.54, 1.807) is 30.3 Å². The van der Waals surface area contributed by atoms with Crippen LogP contribution < -0.4 is 9.47 Å². The van der Waals surface area contributed by atoms with Gasteiger partial charge in [0.2, 0.25) is 0 Å². The first-order chi connectivity index (χ1) is 10.7. The Bertz CT molecular complexity index is 764. The number of hydrogen-bond acceptors (Lipinski definition) is 4. The molecule has 0 N–H and O–H groups in total. The Labute approximate surface area is 138 Å². The summed E-state index contributed by atoms with van der Waals surface area (Å²) in [4.78, 5) is 0. The third kappa shape index (κ3) is 3.83. The van der Waals surface area contributed by atoms with E-state index in [1.807, 2.05) is 12.1 Å². The van der Waals surface area contributed by atoms with Crippen molar-refractivity contribution in [2.75, 3.05) is 13.2 Å². The van der Waals surface area contributed by atoms with Crippen LogP contribution in [-0.4, -0.2) is 13.2 Å². The van der Waals surface area contributed by atoms with E-state index in [9.17, 15) is 0 Å². The average Bonchev–Trinajstić information content (AvgIpc) is 2.55. The molecule has 0 bridgehead atoms. The molecule has 0 heterocycles. The van der Waals surface area contributed by atoms with Crippen LogP contribution in [0.25, 0.3) is 0 Å². The zero-order chi connectivity index (χ0) is 15.9. The maximum atomic E-state index is 8.94. The number of halogens is 2. The molecule has 4 nitrogen and oxygen atoms in total. The second-order valence-corrected chi connectivity index (χ2v) is 4.97. The third-order valence-electron chi connectivity index (χ3n) is 2.76. The number of nitriles is 2. The summed E-state index contributed by atoms with van der Waals surface area (Å²) in [5, 5.41) is 18.6. The summed E-state index contributed by atoms with van der Waals surface area (Å²) in [6.45, 7) is 0.529. The largest absolute Gasteiger partial charge is 0.490 e. The van der Waals surface area contributed by atoms with E-state index in [1.165, 1.54) is 6.07 Å². The Kier molecular flexibility index (Phi) is 5.49. The molecular formula is C16H10Cl2N2O2. The van der Waals surface area contributed by atoms with Crippen LogP contribution in [0.15, 0.2) is 36.4 Å². The van der Waals surface area contributed by atoms with Gasteiger partial charge in [0.15, 0.2) is 0 Å². The van der Waals surface area contributed by atoms with Crippen molar-refractivity contribution in [3.8, 4) is 23.6 Å². The maximum Gasteiger partial charge on any atom is 0.139 e. The lowest BCUT2D eigenvalue weighted by Gasteiger charge is -2.10. The fourth-order valence-corrected chi connectivity index (χ4v) is 2.06. The summed E-state index contributed by atoms with van der Waals surface area (Å²) >= 11 is 11.9. The predicted octanol–water partition coefficient (Wildman–Crippen LogP) is 4.19. The molecule has 22 heavy (non-hydrogen) atoms. The molecule has 0 spiro atoms. The molecule has 0 aliphatic carbocycles. The fraction of sp³-hybridized carbons (Fsp3) is 0.125. The van der Waals surface area contributed by atoms with Gasteiger partial charge < -0.3 is 9.47 Å². The number of hydrogen-bond donors (Lipinski definition) is 0. The summed E-state index contributed by atoms with van der Waals surface area (Å²) in [6.07, 6.45) is 0. The van der Waals surface area contributed by atoms with Crippen molar-refractivity contribution in [3.05, 3.63) is 57.6 Å². The minimum atomic E-state index is 0.264. The molecule has 6 heteroatoms. The van der Waals surface area contributed by atoms with Gasteiger partial charge in [0, 0.05) is 0 Å². The number of rotatable bonds is 5. The van der Waals surface area contributed by atoms with Crippen molar-refractivity contribution < 1.29 is 9.47 Å². The van der Waals surface area contributed by atoms with Crippen molar-refractivity contribution in [1.29, 1.82) is 10.5 Å². The summed E-state index contributed by atoms with van der Waals surface area (Å²) < 4.78 is 11.0. The Morgan fingerprint density at radius 2 is 1.64 bits per heavy atom. The average molecular weight is 333 g/mol. The van der Waals surface area contributed by atoms with Crippen molar-refractivity contribution in [2.24, 2.45) is 0 Å². The zero-order valence-corrected chi connectivity index (χ0v) is 12.9. The predicted molar refractivity (Wildman–Crippen MR) is 83.3 cm³/mol. The van der Waals surface area contributed by atoms with E-state index >= 15 is 0 Å². The van der Waals surface area contributed by atoms with Crippen LogP contribution in [0.1, 0.15) is 11.1 Å². The molecular weight excluding hydrogens is 323 g/mol. The summed E-state index contributed by atoms with van der Waals surface area (Å²) in [6, 6.07) is 13.7. The van der Waals surface area contributed by atoms with Gasteiger partial charge in [0.05, 0.1) is 16.1 Å². The molecule has 0 unspecified atom stereocenters. The van der Waals surface area contributed by atoms with Gasteiger partial charge >= 0.3 is 0 Å². The second kappa shape index (κ2) is 7.56. The molecule has 0 saturated carbocycles. The summed E-state index contributed by atoms with van der Waals surface area (Å²) in [5.74, 6) is 0.978. The monoisotopic (exact) mass is 332 g/mol. The molecule has 0 radical (unpaired) electrons. The van der Waals surface area contributed by atoms with Gasteiger partial charge in [0.1, 0.15) is 41.9 Å². The first kappa shape index (κ1) is 16.0. The number of nitrogens with zero attached hydrogens (tertiary/aromatic N) is 2. The first-order valence-corrected chi connectivity index (χ1v) is 7.05. The Morgan fingerprint density at radius 3 is 2.36 bits per heavy atom. The topological polar surface area (TPSA) is 66.0 Å². The Balaban J connectivity index is 1.91. The van der Waals surface area contributed by atoms with E-state index in [0.717, 1.165) is 0 Å². The van der Waals surface area contributed by atoms with Gasteiger partial charge in [-0.1, -0.05) is 29.3 Å². The van der Waals surface area contributed by atoms with Crippen LogP contribution in [-0.2, 0) is 0 Å². The number of ether oxygens (including phenoxy) is 2. The molecule has 2 aromatic carbocycles. The highest BCUT2D eigenvalue weighted by Crippen LogP contribution is 2.31. The van der Waals surface area contributed by atoms with Crippen LogP contribution in [0.5, 0.6) is 11.5 Å². The fourth-order valence-electron chi connectivity index (χ4n) is 1.71. The SMILES string of the molecule is N#Cc1ccc(OCCOc2cccc(Cl)c2Cl)cc1C#N. The van der Waals surface area contributed by atoms with E-state index in [4.69, 9.17) is 43.2 Å². The number of benzene rings is 2. The van der Waals surface area contributed by atoms with Crippen LogP contribution in [0, 0.1) is 22.7 Å². The van der Waals surface area contributed by atoms with Crippen LogP contribution >= 0.6 is 23.2 Å². The van der Waals surface area contributed by atoms with Crippen molar-refractivity contribution in [3.63, 3.8) is 0 Å². The maximum absolute atomic E-state index is 8.94. The van der Waals surface area contributed by atoms with Gasteiger partial charge in [-0.25, -0.2) is 0 Å². The molecule has 0 aromatic heterocycles. The molecule has 0 amide bonds. The van der Waals surface area contributed by atoms with Crippen LogP contribution in [0.3, 0.4) is 0 Å². The molecule has 0 aliphatic heterocycles. The smallest absolute Gasteiger partial charge is 0.139 e. The van der Waals surface area contributed by atoms with E-state index < -0.39 is 0 Å². The molecule has 0 aliphatic rings. The lowest BCUT2D eigenvalue weighted by atomic mass is 10.1. The molecule has 2 aromatic rings. The second-order valence-electron chi connectivity index (χ2n) is 4.18. The lowest BCUT2D eigenvalue weighted by Crippen LogP contribution is -2.09. The van der Waals surface area contributed by atoms with Crippen molar-refractivity contribution >= 4 is 23.2 Å². The first-order valence-electron chi connectivity index (χ1n) is 6.29. The normalized spacial score (nSPS) is 9.64. The summed E-state index contributed by atoms with van der Waals surface area (Å²) in [7, 11) is 0. The van der Waals surface area contributed by atoms with E-state index in [0.29, 0.717) is 27.1 Å². The van der Waals surface area contributed by atoms with E-state index in [-0.39, 0.29) is 18.8 Å². The lowest BCUT2D eigenvalue weighted by molar-refractivity contribution is 0.217. The third-order valence-corrected chi connectivity index (χ3v) is 3.56. The Hall–Kier alpha value is -2.40. The summed E-state index contributed by atoms with van der Waals surface area (Å²) in [5.41, 5.74) is 0.593. The highest BCUT2D eigenvalue weighted by Gasteiger charge is 2.06. The van der Waals surface area contributed by atoms with Gasteiger partial charge in [-0.05, 0) is 30.3 Å². The molecule has 0 saturated heterocycles. The van der Waals surface area contributed by atoms with E-state index in [2.05, 4.69) is 0 Å². The minimum Gasteiger partial charge on any atom is -0.490 e. The van der Waals surface area contributed by atoms with Crippen molar-refractivity contribution in [1.82, 2.24) is 0 Å². The molecule has 110 valence electrons. The Morgan fingerprint density at radius 1 is 0.909 bits per heavy atom. The highest BCUT2D eigenvalue weighted by atomic mass is 35.5. The molecule has 0 atom stereocenters. The minimum absolute atomic E-state index is 0.264. The van der Waals surface area contributed by atoms with Gasteiger partial charge in [-0.15, -0.1) is 0 Å². The quantitative estimate of drug-likeness (QED) is 0.770. The standard InChI is InChI=1S/C16H10Cl2N2O2/c17-14-2-1-3-15(16(14)18)22-7-6-21-13-5-4-11(9-19)12(8-13)10-20/h1-5,8H,6-7H2. The molecule has 0 fully saturated rings. The molecule has 2 rings (SSSR count). The van der Waals surface area contributed by atoms with Crippen molar-refractivity contribution in [2.45, 2.75) is 0 Å². The van der Waals surface area contributed by atoms with Gasteiger partial charge in [-0.3, -0.25) is 0 Å². The van der Waals surface area contributed by atoms with Crippen LogP contribution in [0.2, 0.25) is 10.0 Å².